The average molecular weight is 311 g/mol. The minimum atomic E-state index is -4.66. The molecule has 2 aromatic rings. The van der Waals surface area contributed by atoms with E-state index in [-0.39, 0.29) is 21.9 Å². The Balaban J connectivity index is 2.33. The predicted octanol–water partition coefficient (Wildman–Crippen LogP) is 3.15. The summed E-state index contributed by atoms with van der Waals surface area (Å²) in [4.78, 5) is 15.8. The van der Waals surface area contributed by atoms with Gasteiger partial charge in [-0.05, 0) is 17.5 Å². The van der Waals surface area contributed by atoms with Crippen molar-refractivity contribution in [2.24, 2.45) is 0 Å². The summed E-state index contributed by atoms with van der Waals surface area (Å²) in [6.07, 6.45) is -3.38. The lowest BCUT2D eigenvalue weighted by atomic mass is 10.0. The number of hydrogen-bond acceptors (Lipinski definition) is 4. The number of allylic oxidation sites excluding steroid dienone is 1. The summed E-state index contributed by atoms with van der Waals surface area (Å²) in [5.41, 5.74) is 4.41. The first-order chi connectivity index (χ1) is 9.88. The number of halogens is 3. The van der Waals surface area contributed by atoms with Gasteiger partial charge in [0.1, 0.15) is 5.82 Å². The molecule has 0 fully saturated rings. The van der Waals surface area contributed by atoms with E-state index < -0.39 is 23.2 Å². The van der Waals surface area contributed by atoms with Crippen LogP contribution in [-0.4, -0.2) is 17.1 Å². The lowest BCUT2D eigenvalue weighted by molar-refractivity contribution is -0.111. The van der Waals surface area contributed by atoms with Crippen LogP contribution >= 0.6 is 11.3 Å². The SMILES string of the molecule is Nc1cnc2c(c1)C(=C(c1cccs1)C(F)(F)F)C(=O)N2. The second kappa shape index (κ2) is 4.59. The highest BCUT2D eigenvalue weighted by Crippen LogP contribution is 2.45. The number of thiophene rings is 1. The van der Waals surface area contributed by atoms with Crippen LogP contribution in [0.5, 0.6) is 0 Å². The number of rotatable bonds is 1. The van der Waals surface area contributed by atoms with Gasteiger partial charge in [-0.1, -0.05) is 6.07 Å². The summed E-state index contributed by atoms with van der Waals surface area (Å²) in [6, 6.07) is 4.14. The second-order valence-corrected chi connectivity index (χ2v) is 5.29. The topological polar surface area (TPSA) is 68.0 Å². The van der Waals surface area contributed by atoms with Crippen molar-refractivity contribution < 1.29 is 18.0 Å². The van der Waals surface area contributed by atoms with Crippen molar-refractivity contribution in [1.29, 1.82) is 0 Å². The molecule has 0 aliphatic carbocycles. The van der Waals surface area contributed by atoms with Crippen LogP contribution in [-0.2, 0) is 4.79 Å². The Hall–Kier alpha value is -2.35. The number of aromatic nitrogens is 1. The lowest BCUT2D eigenvalue weighted by Gasteiger charge is -2.13. The molecule has 8 heteroatoms. The highest BCUT2D eigenvalue weighted by atomic mass is 32.1. The van der Waals surface area contributed by atoms with E-state index in [1.807, 2.05) is 0 Å². The zero-order chi connectivity index (χ0) is 15.2. The number of pyridine rings is 1. The van der Waals surface area contributed by atoms with Gasteiger partial charge in [-0.2, -0.15) is 13.2 Å². The molecule has 0 spiro atoms. The summed E-state index contributed by atoms with van der Waals surface area (Å²) in [5, 5.41) is 3.85. The Morgan fingerprint density at radius 1 is 1.38 bits per heavy atom. The Kier molecular flexibility index (Phi) is 2.98. The van der Waals surface area contributed by atoms with Gasteiger partial charge in [0, 0.05) is 10.4 Å². The number of nitrogens with two attached hydrogens (primary N) is 1. The molecular formula is C13H8F3N3OS. The molecule has 1 aliphatic heterocycles. The molecule has 108 valence electrons. The monoisotopic (exact) mass is 311 g/mol. The molecule has 21 heavy (non-hydrogen) atoms. The minimum absolute atomic E-state index is 0.0251. The number of alkyl halides is 3. The highest BCUT2D eigenvalue weighted by molar-refractivity contribution is 7.11. The van der Waals surface area contributed by atoms with E-state index in [1.165, 1.54) is 29.8 Å². The predicted molar refractivity (Wildman–Crippen MR) is 74.5 cm³/mol. The number of nitrogens with one attached hydrogen (secondary N) is 1. The van der Waals surface area contributed by atoms with Crippen molar-refractivity contribution >= 4 is 39.9 Å². The van der Waals surface area contributed by atoms with Crippen LogP contribution in [0.25, 0.3) is 11.1 Å². The Morgan fingerprint density at radius 3 is 2.76 bits per heavy atom. The van der Waals surface area contributed by atoms with Gasteiger partial charge in [-0.25, -0.2) is 4.98 Å². The van der Waals surface area contributed by atoms with Gasteiger partial charge in [0.05, 0.1) is 23.0 Å². The fourth-order valence-electron chi connectivity index (χ4n) is 2.14. The third-order valence-corrected chi connectivity index (χ3v) is 3.83. The fourth-order valence-corrected chi connectivity index (χ4v) is 2.93. The van der Waals surface area contributed by atoms with Gasteiger partial charge in [-0.3, -0.25) is 4.79 Å². The van der Waals surface area contributed by atoms with Gasteiger partial charge in [0.2, 0.25) is 0 Å². The van der Waals surface area contributed by atoms with Crippen LogP contribution in [0.4, 0.5) is 24.7 Å². The van der Waals surface area contributed by atoms with Gasteiger partial charge in [0.25, 0.3) is 5.91 Å². The zero-order valence-corrected chi connectivity index (χ0v) is 11.2. The van der Waals surface area contributed by atoms with Crippen molar-refractivity contribution in [2.45, 2.75) is 6.18 Å². The van der Waals surface area contributed by atoms with E-state index >= 15 is 0 Å². The minimum Gasteiger partial charge on any atom is -0.397 e. The molecule has 3 rings (SSSR count). The molecule has 0 radical (unpaired) electrons. The quantitative estimate of drug-likeness (QED) is 0.795. The Bertz CT molecular complexity index is 751. The standard InChI is InChI=1S/C13H8F3N3OS/c14-13(15,16)10(8-2-1-3-21-8)9-7-4-6(17)5-18-11(7)19-12(9)20/h1-5H,17H2,(H,18,19,20). The number of carbonyl (C=O) groups is 1. The molecule has 0 bridgehead atoms. The normalized spacial score (nSPS) is 16.6. The van der Waals surface area contributed by atoms with Crippen molar-refractivity contribution in [3.05, 3.63) is 40.2 Å². The second-order valence-electron chi connectivity index (χ2n) is 4.34. The third-order valence-electron chi connectivity index (χ3n) is 2.94. The first-order valence-electron chi connectivity index (χ1n) is 5.80. The van der Waals surface area contributed by atoms with E-state index in [9.17, 15) is 18.0 Å². The molecule has 0 unspecified atom stereocenters. The largest absolute Gasteiger partial charge is 0.418 e. The number of nitrogens with zero attached hydrogens (tertiary/aromatic N) is 1. The first-order valence-corrected chi connectivity index (χ1v) is 6.68. The molecule has 3 heterocycles. The van der Waals surface area contributed by atoms with Crippen LogP contribution in [0.15, 0.2) is 29.8 Å². The van der Waals surface area contributed by atoms with Crippen LogP contribution in [0.2, 0.25) is 0 Å². The fraction of sp³-hybridized carbons (Fsp3) is 0.0769. The van der Waals surface area contributed by atoms with E-state index in [0.717, 1.165) is 11.3 Å². The van der Waals surface area contributed by atoms with Crippen LogP contribution in [0.3, 0.4) is 0 Å². The van der Waals surface area contributed by atoms with Crippen LogP contribution in [0, 0.1) is 0 Å². The Morgan fingerprint density at radius 2 is 2.14 bits per heavy atom. The van der Waals surface area contributed by atoms with Gasteiger partial charge < -0.3 is 11.1 Å². The van der Waals surface area contributed by atoms with E-state index in [2.05, 4.69) is 10.3 Å². The summed E-state index contributed by atoms with van der Waals surface area (Å²) in [6.45, 7) is 0. The third kappa shape index (κ3) is 2.27. The molecule has 0 atom stereocenters. The van der Waals surface area contributed by atoms with E-state index in [1.54, 1.807) is 0 Å². The maximum Gasteiger partial charge on any atom is 0.418 e. The van der Waals surface area contributed by atoms with Gasteiger partial charge >= 0.3 is 6.18 Å². The number of carbonyl (C=O) groups excluding carboxylic acids is 1. The summed E-state index contributed by atoms with van der Waals surface area (Å²) in [7, 11) is 0. The summed E-state index contributed by atoms with van der Waals surface area (Å²) < 4.78 is 40.3. The number of hydrogen-bond donors (Lipinski definition) is 2. The number of amides is 1. The van der Waals surface area contributed by atoms with Crippen LogP contribution < -0.4 is 11.1 Å². The van der Waals surface area contributed by atoms with Gasteiger partial charge in [0.15, 0.2) is 0 Å². The lowest BCUT2D eigenvalue weighted by Crippen LogP contribution is -2.15. The summed E-state index contributed by atoms with van der Waals surface area (Å²) in [5.74, 6) is -0.744. The Labute approximate surface area is 121 Å². The van der Waals surface area contributed by atoms with Gasteiger partial charge in [-0.15, -0.1) is 11.3 Å². The molecule has 1 amide bonds. The molecule has 0 aromatic carbocycles. The number of fused-ring (bicyclic) bond motifs is 1. The number of nitrogen functional groups attached to an aromatic ring is 1. The summed E-state index contributed by atoms with van der Waals surface area (Å²) >= 11 is 0.916. The molecule has 4 nitrogen and oxygen atoms in total. The smallest absolute Gasteiger partial charge is 0.397 e. The molecule has 0 saturated heterocycles. The molecular weight excluding hydrogens is 303 g/mol. The van der Waals surface area contributed by atoms with Crippen molar-refractivity contribution in [3.63, 3.8) is 0 Å². The first kappa shape index (κ1) is 13.6. The van der Waals surface area contributed by atoms with Crippen LogP contribution in [0.1, 0.15) is 10.4 Å². The van der Waals surface area contributed by atoms with E-state index in [0.29, 0.717) is 0 Å². The molecule has 3 N–H and O–H groups in total. The number of anilines is 2. The maximum absolute atomic E-state index is 13.4. The van der Waals surface area contributed by atoms with E-state index in [4.69, 9.17) is 5.73 Å². The molecule has 0 saturated carbocycles. The average Bonchev–Trinajstić information content (AvgIpc) is 2.98. The molecule has 2 aromatic heterocycles. The zero-order valence-electron chi connectivity index (χ0n) is 10.4. The van der Waals surface area contributed by atoms with Crippen molar-refractivity contribution in [3.8, 4) is 0 Å². The highest BCUT2D eigenvalue weighted by Gasteiger charge is 2.42. The van der Waals surface area contributed by atoms with Crippen molar-refractivity contribution in [2.75, 3.05) is 11.1 Å². The van der Waals surface area contributed by atoms with Crippen molar-refractivity contribution in [1.82, 2.24) is 4.98 Å². The maximum atomic E-state index is 13.4. The molecule has 1 aliphatic rings.